The molecule has 24 heavy (non-hydrogen) atoms. The second-order valence-corrected chi connectivity index (χ2v) is 6.61. The van der Waals surface area contributed by atoms with Crippen LogP contribution in [0.2, 0.25) is 5.02 Å². The molecule has 2 aliphatic rings. The Morgan fingerprint density at radius 1 is 1.25 bits per heavy atom. The zero-order chi connectivity index (χ0) is 15.8. The van der Waals surface area contributed by atoms with Crippen molar-refractivity contribution in [2.45, 2.75) is 31.3 Å². The molecule has 1 aromatic carbocycles. The van der Waals surface area contributed by atoms with Gasteiger partial charge in [-0.25, -0.2) is 0 Å². The summed E-state index contributed by atoms with van der Waals surface area (Å²) in [5.74, 6) is 0.536. The number of rotatable bonds is 2. The van der Waals surface area contributed by atoms with Gasteiger partial charge in [0.15, 0.2) is 11.5 Å². The normalized spacial score (nSPS) is 22.8. The van der Waals surface area contributed by atoms with E-state index in [-0.39, 0.29) is 24.4 Å². The number of carbonyl (C=O) groups is 1. The first-order valence-electron chi connectivity index (χ1n) is 7.98. The van der Waals surface area contributed by atoms with Crippen LogP contribution in [0.15, 0.2) is 34.9 Å². The number of nitrogens with one attached hydrogen (secondary N) is 1. The second-order valence-electron chi connectivity index (χ2n) is 6.18. The number of fused-ring (bicyclic) bond motifs is 2. The van der Waals surface area contributed by atoms with Crippen LogP contribution in [-0.4, -0.2) is 41.1 Å². The molecule has 2 saturated heterocycles. The van der Waals surface area contributed by atoms with Crippen LogP contribution >= 0.6 is 24.0 Å². The molecule has 0 radical (unpaired) electrons. The highest BCUT2D eigenvalue weighted by atomic mass is 35.5. The molecule has 1 amide bonds. The molecule has 2 fully saturated rings. The fraction of sp³-hybridized carbons (Fsp3) is 0.412. The minimum absolute atomic E-state index is 0. The van der Waals surface area contributed by atoms with Gasteiger partial charge in [0, 0.05) is 35.3 Å². The fourth-order valence-electron chi connectivity index (χ4n) is 3.60. The highest BCUT2D eigenvalue weighted by molar-refractivity contribution is 6.30. The van der Waals surface area contributed by atoms with Crippen LogP contribution in [0, 0.1) is 0 Å². The molecule has 0 aliphatic carbocycles. The molecule has 2 aromatic rings. The number of carbonyl (C=O) groups excluding carboxylic acids is 1. The minimum Gasteiger partial charge on any atom is -0.355 e. The Kier molecular flexibility index (Phi) is 5.13. The first-order chi connectivity index (χ1) is 11.2. The Morgan fingerprint density at radius 2 is 2.08 bits per heavy atom. The van der Waals surface area contributed by atoms with Gasteiger partial charge in [-0.3, -0.25) is 4.79 Å². The Morgan fingerprint density at radius 3 is 2.92 bits per heavy atom. The molecule has 2 bridgehead atoms. The van der Waals surface area contributed by atoms with Crippen LogP contribution in [-0.2, 0) is 0 Å². The summed E-state index contributed by atoms with van der Waals surface area (Å²) in [7, 11) is 0. The van der Waals surface area contributed by atoms with E-state index in [1.807, 2.05) is 17.0 Å². The maximum Gasteiger partial charge on any atom is 0.276 e. The van der Waals surface area contributed by atoms with Crippen molar-refractivity contribution in [3.05, 3.63) is 41.0 Å². The molecule has 2 aliphatic heterocycles. The van der Waals surface area contributed by atoms with E-state index in [9.17, 15) is 4.79 Å². The average molecular weight is 368 g/mol. The number of aromatic nitrogens is 1. The number of halogens is 2. The molecular formula is C17H19Cl2N3O2. The van der Waals surface area contributed by atoms with Crippen molar-refractivity contribution in [2.24, 2.45) is 0 Å². The van der Waals surface area contributed by atoms with Gasteiger partial charge in [0.2, 0.25) is 0 Å². The lowest BCUT2D eigenvalue weighted by molar-refractivity contribution is 0.0669. The molecule has 5 nitrogen and oxygen atoms in total. The standard InChI is InChI=1S/C17H18ClN3O2.ClH/c18-12-3-1-2-11(8-12)16-9-15(20-23-16)17(22)21-13-4-5-14(21)10-19-7-6-13;/h1-3,8-9,13-14,19H,4-7,10H2;1H. The highest BCUT2D eigenvalue weighted by Gasteiger charge is 2.39. The van der Waals surface area contributed by atoms with E-state index in [1.54, 1.807) is 18.2 Å². The predicted molar refractivity (Wildman–Crippen MR) is 94.7 cm³/mol. The summed E-state index contributed by atoms with van der Waals surface area (Å²) in [5, 5.41) is 8.02. The molecule has 0 saturated carbocycles. The molecule has 1 N–H and O–H groups in total. The third-order valence-electron chi connectivity index (χ3n) is 4.73. The Hall–Kier alpha value is -1.56. The van der Waals surface area contributed by atoms with Gasteiger partial charge in [0.25, 0.3) is 5.91 Å². The first kappa shape index (κ1) is 17.3. The van der Waals surface area contributed by atoms with Gasteiger partial charge in [-0.05, 0) is 37.9 Å². The minimum atomic E-state index is -0.0294. The lowest BCUT2D eigenvalue weighted by Gasteiger charge is -2.26. The van der Waals surface area contributed by atoms with Crippen molar-refractivity contribution in [1.29, 1.82) is 0 Å². The number of hydrogen-bond acceptors (Lipinski definition) is 4. The van der Waals surface area contributed by atoms with Crippen molar-refractivity contribution in [3.63, 3.8) is 0 Å². The number of amides is 1. The van der Waals surface area contributed by atoms with Crippen LogP contribution < -0.4 is 5.32 Å². The molecule has 3 heterocycles. The van der Waals surface area contributed by atoms with E-state index < -0.39 is 0 Å². The summed E-state index contributed by atoms with van der Waals surface area (Å²) in [5.41, 5.74) is 1.20. The van der Waals surface area contributed by atoms with E-state index >= 15 is 0 Å². The zero-order valence-electron chi connectivity index (χ0n) is 13.1. The molecule has 1 aromatic heterocycles. The van der Waals surface area contributed by atoms with Crippen LogP contribution in [0.3, 0.4) is 0 Å². The summed E-state index contributed by atoms with van der Waals surface area (Å²) < 4.78 is 5.37. The number of benzene rings is 1. The first-order valence-corrected chi connectivity index (χ1v) is 8.36. The Labute approximate surface area is 151 Å². The average Bonchev–Trinajstić information content (AvgIpc) is 3.11. The fourth-order valence-corrected chi connectivity index (χ4v) is 3.79. The van der Waals surface area contributed by atoms with E-state index in [0.717, 1.165) is 37.9 Å². The van der Waals surface area contributed by atoms with E-state index in [2.05, 4.69) is 10.5 Å². The van der Waals surface area contributed by atoms with Gasteiger partial charge in [-0.2, -0.15) is 0 Å². The van der Waals surface area contributed by atoms with E-state index in [1.165, 1.54) is 0 Å². The second kappa shape index (κ2) is 7.13. The van der Waals surface area contributed by atoms with Crippen molar-refractivity contribution < 1.29 is 9.32 Å². The van der Waals surface area contributed by atoms with Gasteiger partial charge in [-0.15, -0.1) is 12.4 Å². The van der Waals surface area contributed by atoms with Gasteiger partial charge in [-0.1, -0.05) is 28.9 Å². The van der Waals surface area contributed by atoms with Crippen LogP contribution in [0.1, 0.15) is 29.8 Å². The monoisotopic (exact) mass is 367 g/mol. The smallest absolute Gasteiger partial charge is 0.276 e. The maximum absolute atomic E-state index is 12.9. The van der Waals surface area contributed by atoms with Crippen molar-refractivity contribution in [1.82, 2.24) is 15.4 Å². The quantitative estimate of drug-likeness (QED) is 0.883. The summed E-state index contributed by atoms with van der Waals surface area (Å²) in [6.07, 6.45) is 3.14. The lowest BCUT2D eigenvalue weighted by Crippen LogP contribution is -2.42. The van der Waals surface area contributed by atoms with Crippen LogP contribution in [0.4, 0.5) is 0 Å². The van der Waals surface area contributed by atoms with Crippen LogP contribution in [0.5, 0.6) is 0 Å². The maximum atomic E-state index is 12.9. The molecule has 128 valence electrons. The van der Waals surface area contributed by atoms with Gasteiger partial charge >= 0.3 is 0 Å². The molecule has 0 spiro atoms. The zero-order valence-corrected chi connectivity index (χ0v) is 14.6. The van der Waals surface area contributed by atoms with Crippen LogP contribution in [0.25, 0.3) is 11.3 Å². The Bertz CT molecular complexity index is 720. The molecule has 2 unspecified atom stereocenters. The Balaban J connectivity index is 0.00000169. The topological polar surface area (TPSA) is 58.4 Å². The highest BCUT2D eigenvalue weighted by Crippen LogP contribution is 2.30. The summed E-state index contributed by atoms with van der Waals surface area (Å²) >= 11 is 6.01. The van der Waals surface area contributed by atoms with Gasteiger partial charge in [0.05, 0.1) is 0 Å². The third-order valence-corrected chi connectivity index (χ3v) is 4.96. The molecular weight excluding hydrogens is 349 g/mol. The predicted octanol–water partition coefficient (Wildman–Crippen LogP) is 3.38. The largest absolute Gasteiger partial charge is 0.355 e. The third kappa shape index (κ3) is 3.16. The number of nitrogens with zero attached hydrogens (tertiary/aromatic N) is 2. The van der Waals surface area contributed by atoms with Crippen molar-refractivity contribution in [3.8, 4) is 11.3 Å². The SMILES string of the molecule is Cl.O=C(c1cc(-c2cccc(Cl)c2)on1)N1C2CCNCC1CC2. The summed E-state index contributed by atoms with van der Waals surface area (Å²) in [6, 6.07) is 9.63. The molecule has 7 heteroatoms. The number of hydrogen-bond donors (Lipinski definition) is 1. The lowest BCUT2D eigenvalue weighted by atomic mass is 10.1. The van der Waals surface area contributed by atoms with Crippen molar-refractivity contribution in [2.75, 3.05) is 13.1 Å². The van der Waals surface area contributed by atoms with E-state index in [0.29, 0.717) is 22.5 Å². The summed E-state index contributed by atoms with van der Waals surface area (Å²) in [4.78, 5) is 14.9. The molecule has 2 atom stereocenters. The van der Waals surface area contributed by atoms with E-state index in [4.69, 9.17) is 16.1 Å². The van der Waals surface area contributed by atoms with Gasteiger partial charge in [0.1, 0.15) is 0 Å². The molecule has 4 rings (SSSR count). The van der Waals surface area contributed by atoms with Gasteiger partial charge < -0.3 is 14.7 Å². The summed E-state index contributed by atoms with van der Waals surface area (Å²) in [6.45, 7) is 1.83. The van der Waals surface area contributed by atoms with Crippen molar-refractivity contribution >= 4 is 29.9 Å².